The van der Waals surface area contributed by atoms with Crippen LogP contribution in [0.4, 0.5) is 0 Å². The summed E-state index contributed by atoms with van der Waals surface area (Å²) in [6.07, 6.45) is 2.25. The molecule has 17 heavy (non-hydrogen) atoms. The van der Waals surface area contributed by atoms with E-state index in [0.717, 1.165) is 23.7 Å². The van der Waals surface area contributed by atoms with Crippen LogP contribution < -0.4 is 0 Å². The number of aromatic amines is 2. The van der Waals surface area contributed by atoms with Gasteiger partial charge in [0.1, 0.15) is 5.82 Å². The van der Waals surface area contributed by atoms with Crippen molar-refractivity contribution >= 4 is 23.8 Å². The number of nitrogens with one attached hydrogen (secondary N) is 2. The summed E-state index contributed by atoms with van der Waals surface area (Å²) in [5.74, 6) is 2.11. The van der Waals surface area contributed by atoms with Gasteiger partial charge in [0, 0.05) is 10.9 Å². The van der Waals surface area contributed by atoms with Gasteiger partial charge in [0.05, 0.1) is 0 Å². The zero-order valence-electron chi connectivity index (χ0n) is 9.11. The zero-order valence-corrected chi connectivity index (χ0v) is 10.7. The number of benzene rings is 1. The van der Waals surface area contributed by atoms with Crippen molar-refractivity contribution in [3.63, 3.8) is 0 Å². The van der Waals surface area contributed by atoms with E-state index in [2.05, 4.69) is 27.3 Å². The Morgan fingerprint density at radius 1 is 1.12 bits per heavy atom. The Balaban J connectivity index is 1.68. The third kappa shape index (κ3) is 2.15. The van der Waals surface area contributed by atoms with Crippen molar-refractivity contribution in [2.75, 3.05) is 0 Å². The predicted molar refractivity (Wildman–Crippen MR) is 69.9 cm³/mol. The molecule has 1 saturated carbocycles. The van der Waals surface area contributed by atoms with Crippen LogP contribution >= 0.6 is 23.8 Å². The van der Waals surface area contributed by atoms with Crippen LogP contribution in [0.1, 0.15) is 36.1 Å². The second-order valence-corrected chi connectivity index (χ2v) is 5.29. The Labute approximate surface area is 109 Å². The number of halogens is 1. The maximum Gasteiger partial charge on any atom is 0.213 e. The molecule has 0 radical (unpaired) electrons. The molecule has 3 rings (SSSR count). The van der Waals surface area contributed by atoms with E-state index in [1.165, 1.54) is 5.56 Å². The summed E-state index contributed by atoms with van der Waals surface area (Å²) >= 11 is 10.8. The highest BCUT2D eigenvalue weighted by atomic mass is 35.5. The fourth-order valence-corrected chi connectivity index (χ4v) is 2.60. The van der Waals surface area contributed by atoms with Crippen molar-refractivity contribution in [2.24, 2.45) is 0 Å². The third-order valence-electron chi connectivity index (χ3n) is 3.39. The summed E-state index contributed by atoms with van der Waals surface area (Å²) in [7, 11) is 0. The molecule has 1 aliphatic rings. The van der Waals surface area contributed by atoms with Crippen molar-refractivity contribution in [3.05, 3.63) is 45.4 Å². The molecule has 2 N–H and O–H groups in total. The van der Waals surface area contributed by atoms with Crippen LogP contribution in [-0.2, 0) is 0 Å². The molecule has 2 aromatic rings. The zero-order chi connectivity index (χ0) is 11.8. The van der Waals surface area contributed by atoms with Gasteiger partial charge >= 0.3 is 0 Å². The van der Waals surface area contributed by atoms with Gasteiger partial charge in [0.15, 0.2) is 0 Å². The maximum absolute atomic E-state index is 5.87. The SMILES string of the molecule is S=c1nc(C2CC(c3ccc(Cl)cc3)C2)[nH][nH]1. The minimum atomic E-state index is 0.503. The van der Waals surface area contributed by atoms with E-state index in [1.807, 2.05) is 12.1 Å². The van der Waals surface area contributed by atoms with Gasteiger partial charge in [0.25, 0.3) is 0 Å². The van der Waals surface area contributed by atoms with E-state index < -0.39 is 0 Å². The minimum Gasteiger partial charge on any atom is -0.285 e. The van der Waals surface area contributed by atoms with Gasteiger partial charge in [-0.25, -0.2) is 4.98 Å². The highest BCUT2D eigenvalue weighted by Crippen LogP contribution is 2.46. The van der Waals surface area contributed by atoms with Crippen LogP contribution in [-0.4, -0.2) is 15.2 Å². The molecule has 0 amide bonds. The van der Waals surface area contributed by atoms with Gasteiger partial charge in [-0.1, -0.05) is 23.7 Å². The molecule has 1 aromatic carbocycles. The van der Waals surface area contributed by atoms with Crippen molar-refractivity contribution in [3.8, 4) is 0 Å². The average Bonchev–Trinajstić information content (AvgIpc) is 2.66. The monoisotopic (exact) mass is 265 g/mol. The smallest absolute Gasteiger partial charge is 0.213 e. The third-order valence-corrected chi connectivity index (χ3v) is 3.83. The molecule has 1 fully saturated rings. The largest absolute Gasteiger partial charge is 0.285 e. The first kappa shape index (κ1) is 11.0. The number of hydrogen-bond acceptors (Lipinski definition) is 2. The summed E-state index contributed by atoms with van der Waals surface area (Å²) in [5.41, 5.74) is 1.36. The molecule has 1 heterocycles. The maximum atomic E-state index is 5.87. The van der Waals surface area contributed by atoms with Crippen LogP contribution in [0.15, 0.2) is 24.3 Å². The lowest BCUT2D eigenvalue weighted by atomic mass is 9.71. The molecule has 3 nitrogen and oxygen atoms in total. The van der Waals surface area contributed by atoms with Crippen LogP contribution in [0.2, 0.25) is 5.02 Å². The highest BCUT2D eigenvalue weighted by Gasteiger charge is 2.33. The van der Waals surface area contributed by atoms with E-state index in [-0.39, 0.29) is 0 Å². The van der Waals surface area contributed by atoms with Crippen LogP contribution in [0.3, 0.4) is 0 Å². The van der Waals surface area contributed by atoms with Gasteiger partial charge in [0.2, 0.25) is 4.77 Å². The summed E-state index contributed by atoms with van der Waals surface area (Å²) in [4.78, 5) is 4.26. The second-order valence-electron chi connectivity index (χ2n) is 4.47. The molecule has 88 valence electrons. The Morgan fingerprint density at radius 2 is 1.82 bits per heavy atom. The highest BCUT2D eigenvalue weighted by molar-refractivity contribution is 7.71. The molecule has 1 aliphatic carbocycles. The Bertz CT molecular complexity index is 566. The molecule has 1 aromatic heterocycles. The minimum absolute atomic E-state index is 0.503. The van der Waals surface area contributed by atoms with Gasteiger partial charge in [-0.2, -0.15) is 0 Å². The number of aromatic nitrogens is 3. The molecule has 0 aliphatic heterocycles. The van der Waals surface area contributed by atoms with Crippen LogP contribution in [0.25, 0.3) is 0 Å². The Hall–Kier alpha value is -1.13. The lowest BCUT2D eigenvalue weighted by Gasteiger charge is -2.34. The first-order valence-corrected chi connectivity index (χ1v) is 6.41. The molecule has 0 unspecified atom stereocenters. The van der Waals surface area contributed by atoms with E-state index in [4.69, 9.17) is 23.8 Å². The number of hydrogen-bond donors (Lipinski definition) is 2. The van der Waals surface area contributed by atoms with Crippen molar-refractivity contribution in [1.29, 1.82) is 0 Å². The normalized spacial score (nSPS) is 23.4. The Kier molecular flexibility index (Phi) is 2.76. The molecular weight excluding hydrogens is 254 g/mol. The first-order chi connectivity index (χ1) is 8.22. The van der Waals surface area contributed by atoms with Gasteiger partial charge in [-0.3, -0.25) is 10.2 Å². The Morgan fingerprint density at radius 3 is 2.41 bits per heavy atom. The lowest BCUT2D eigenvalue weighted by Crippen LogP contribution is -2.21. The quantitative estimate of drug-likeness (QED) is 0.812. The fourth-order valence-electron chi connectivity index (χ4n) is 2.32. The fraction of sp³-hybridized carbons (Fsp3) is 0.333. The summed E-state index contributed by atoms with van der Waals surface area (Å²) < 4.78 is 0.537. The van der Waals surface area contributed by atoms with E-state index in [9.17, 15) is 0 Å². The first-order valence-electron chi connectivity index (χ1n) is 5.62. The molecule has 0 spiro atoms. The lowest BCUT2D eigenvalue weighted by molar-refractivity contribution is 0.338. The van der Waals surface area contributed by atoms with Crippen molar-refractivity contribution in [2.45, 2.75) is 24.7 Å². The van der Waals surface area contributed by atoms with Crippen molar-refractivity contribution in [1.82, 2.24) is 15.2 Å². The van der Waals surface area contributed by atoms with Crippen molar-refractivity contribution < 1.29 is 0 Å². The standard InChI is InChI=1S/C12H12ClN3S/c13-10-3-1-7(2-4-10)8-5-9(6-8)11-14-12(17)16-15-11/h1-4,8-9H,5-6H2,(H2,14,15,16,17). The predicted octanol–water partition coefficient (Wildman–Crippen LogP) is 3.78. The van der Waals surface area contributed by atoms with Gasteiger partial charge in [-0.05, 0) is 48.7 Å². The van der Waals surface area contributed by atoms with Crippen LogP contribution in [0, 0.1) is 4.77 Å². The average molecular weight is 266 g/mol. The summed E-state index contributed by atoms with van der Waals surface area (Å²) in [6, 6.07) is 8.12. The topological polar surface area (TPSA) is 44.5 Å². The van der Waals surface area contributed by atoms with Crippen LogP contribution in [0.5, 0.6) is 0 Å². The number of nitrogens with zero attached hydrogens (tertiary/aromatic N) is 1. The number of rotatable bonds is 2. The molecule has 0 bridgehead atoms. The molecular formula is C12H12ClN3S. The molecule has 5 heteroatoms. The summed E-state index contributed by atoms with van der Waals surface area (Å²) in [6.45, 7) is 0. The second kappa shape index (κ2) is 4.27. The van der Waals surface area contributed by atoms with E-state index in [1.54, 1.807) is 0 Å². The molecule has 0 saturated heterocycles. The van der Waals surface area contributed by atoms with Gasteiger partial charge < -0.3 is 0 Å². The van der Waals surface area contributed by atoms with E-state index in [0.29, 0.717) is 16.6 Å². The van der Waals surface area contributed by atoms with Gasteiger partial charge in [-0.15, -0.1) is 0 Å². The molecule has 0 atom stereocenters. The number of H-pyrrole nitrogens is 2. The van der Waals surface area contributed by atoms with E-state index >= 15 is 0 Å². The summed E-state index contributed by atoms with van der Waals surface area (Å²) in [5, 5.41) is 6.66.